The maximum Gasteiger partial charge on any atom is 0.315 e. The quantitative estimate of drug-likeness (QED) is 0.848. The minimum absolute atomic E-state index is 0.104. The van der Waals surface area contributed by atoms with E-state index in [9.17, 15) is 4.79 Å². The highest BCUT2D eigenvalue weighted by molar-refractivity contribution is 7.09. The molecular formula is C14H23N3O2S. The maximum atomic E-state index is 11.9. The monoisotopic (exact) mass is 297 g/mol. The molecule has 6 heteroatoms. The van der Waals surface area contributed by atoms with Gasteiger partial charge in [-0.3, -0.25) is 0 Å². The molecule has 0 spiro atoms. The van der Waals surface area contributed by atoms with Gasteiger partial charge in [-0.1, -0.05) is 13.8 Å². The number of amides is 2. The van der Waals surface area contributed by atoms with Crippen LogP contribution in [0.4, 0.5) is 4.79 Å². The number of nitrogens with zero attached hydrogens (tertiary/aromatic N) is 1. The van der Waals surface area contributed by atoms with Crippen molar-refractivity contribution in [2.75, 3.05) is 13.2 Å². The van der Waals surface area contributed by atoms with E-state index in [-0.39, 0.29) is 24.1 Å². The summed E-state index contributed by atoms with van der Waals surface area (Å²) in [6, 6.07) is -0.0107. The van der Waals surface area contributed by atoms with Crippen LogP contribution in [0.15, 0.2) is 11.6 Å². The zero-order chi connectivity index (χ0) is 14.4. The third-order valence-corrected chi connectivity index (χ3v) is 4.62. The maximum absolute atomic E-state index is 11.9. The van der Waals surface area contributed by atoms with Crippen molar-refractivity contribution in [1.29, 1.82) is 0 Å². The van der Waals surface area contributed by atoms with Crippen molar-refractivity contribution in [3.63, 3.8) is 0 Å². The van der Waals surface area contributed by atoms with Crippen LogP contribution in [-0.4, -0.2) is 36.3 Å². The van der Waals surface area contributed by atoms with E-state index in [0.29, 0.717) is 6.54 Å². The fourth-order valence-electron chi connectivity index (χ4n) is 2.41. The molecule has 5 nitrogen and oxygen atoms in total. The van der Waals surface area contributed by atoms with E-state index in [4.69, 9.17) is 4.74 Å². The summed E-state index contributed by atoms with van der Waals surface area (Å²) in [4.78, 5) is 16.2. The Balaban J connectivity index is 1.73. The topological polar surface area (TPSA) is 63.2 Å². The molecule has 3 atom stereocenters. The lowest BCUT2D eigenvalue weighted by molar-refractivity contribution is 0.0796. The summed E-state index contributed by atoms with van der Waals surface area (Å²) < 4.78 is 5.64. The smallest absolute Gasteiger partial charge is 0.315 e. The van der Waals surface area contributed by atoms with Gasteiger partial charge in [-0.2, -0.15) is 0 Å². The van der Waals surface area contributed by atoms with Crippen LogP contribution in [0.5, 0.6) is 0 Å². The van der Waals surface area contributed by atoms with Crippen molar-refractivity contribution in [1.82, 2.24) is 15.6 Å². The highest BCUT2D eigenvalue weighted by Gasteiger charge is 2.25. The summed E-state index contributed by atoms with van der Waals surface area (Å²) in [5.41, 5.74) is 0. The molecule has 2 rings (SSSR count). The van der Waals surface area contributed by atoms with Crippen LogP contribution in [0.2, 0.25) is 0 Å². The molecule has 0 unspecified atom stereocenters. The Kier molecular flexibility index (Phi) is 5.79. The number of aromatic nitrogens is 1. The Labute approximate surface area is 124 Å². The number of carbonyl (C=O) groups is 1. The molecule has 1 aliphatic rings. The molecule has 0 aliphatic carbocycles. The van der Waals surface area contributed by atoms with Crippen molar-refractivity contribution in [2.45, 2.75) is 51.2 Å². The molecule has 1 aromatic rings. The van der Waals surface area contributed by atoms with Crippen molar-refractivity contribution < 1.29 is 9.53 Å². The first-order chi connectivity index (χ1) is 9.70. The number of rotatable bonds is 6. The Morgan fingerprint density at radius 1 is 1.65 bits per heavy atom. The minimum Gasteiger partial charge on any atom is -0.376 e. The molecule has 0 bridgehead atoms. The molecule has 1 saturated heterocycles. The van der Waals surface area contributed by atoms with Crippen LogP contribution < -0.4 is 10.6 Å². The van der Waals surface area contributed by atoms with Crippen LogP contribution in [0, 0.1) is 0 Å². The molecule has 0 radical (unpaired) electrons. The van der Waals surface area contributed by atoms with Gasteiger partial charge in [0.05, 0.1) is 17.2 Å². The van der Waals surface area contributed by atoms with E-state index in [1.54, 1.807) is 17.5 Å². The van der Waals surface area contributed by atoms with Crippen LogP contribution in [0.1, 0.15) is 44.0 Å². The fourth-order valence-corrected chi connectivity index (χ4v) is 3.11. The lowest BCUT2D eigenvalue weighted by Gasteiger charge is -2.23. The predicted molar refractivity (Wildman–Crippen MR) is 80.1 cm³/mol. The van der Waals surface area contributed by atoms with E-state index in [0.717, 1.165) is 30.9 Å². The summed E-state index contributed by atoms with van der Waals surface area (Å²) in [6.45, 7) is 5.55. The number of urea groups is 1. The predicted octanol–water partition coefficient (Wildman–Crippen LogP) is 2.50. The molecule has 1 fully saturated rings. The summed E-state index contributed by atoms with van der Waals surface area (Å²) in [6.07, 6.45) is 4.98. The van der Waals surface area contributed by atoms with E-state index < -0.39 is 0 Å². The summed E-state index contributed by atoms with van der Waals surface area (Å²) >= 11 is 1.62. The third-order valence-electron chi connectivity index (χ3n) is 3.61. The number of thiazole rings is 1. The highest BCUT2D eigenvalue weighted by atomic mass is 32.1. The lowest BCUT2D eigenvalue weighted by Crippen LogP contribution is -2.47. The first-order valence-corrected chi connectivity index (χ1v) is 8.14. The molecule has 112 valence electrons. The molecule has 0 saturated carbocycles. The van der Waals surface area contributed by atoms with Gasteiger partial charge in [0, 0.05) is 30.6 Å². The number of hydrogen-bond donors (Lipinski definition) is 2. The zero-order valence-electron chi connectivity index (χ0n) is 12.1. The molecule has 2 N–H and O–H groups in total. The SMILES string of the molecule is CC[C@H](NC(=O)NC[C@@H](C)c1nccs1)[C@@H]1CCCO1. The van der Waals surface area contributed by atoms with Gasteiger partial charge in [0.1, 0.15) is 0 Å². The van der Waals surface area contributed by atoms with Crippen molar-refractivity contribution in [3.05, 3.63) is 16.6 Å². The van der Waals surface area contributed by atoms with E-state index >= 15 is 0 Å². The first kappa shape index (κ1) is 15.3. The van der Waals surface area contributed by atoms with Gasteiger partial charge in [0.25, 0.3) is 0 Å². The van der Waals surface area contributed by atoms with E-state index in [1.807, 2.05) is 5.38 Å². The molecule has 1 aromatic heterocycles. The van der Waals surface area contributed by atoms with Gasteiger partial charge in [-0.15, -0.1) is 11.3 Å². The summed E-state index contributed by atoms with van der Waals surface area (Å²) in [5, 5.41) is 8.94. The van der Waals surface area contributed by atoms with Gasteiger partial charge in [-0.25, -0.2) is 9.78 Å². The zero-order valence-corrected chi connectivity index (χ0v) is 12.9. The molecule has 0 aromatic carbocycles. The van der Waals surface area contributed by atoms with Crippen LogP contribution in [0.25, 0.3) is 0 Å². The minimum atomic E-state index is -0.115. The van der Waals surface area contributed by atoms with Gasteiger partial charge >= 0.3 is 6.03 Å². The molecule has 2 amide bonds. The standard InChI is InChI=1S/C14H23N3O2S/c1-3-11(12-5-4-7-19-12)17-14(18)16-9-10(2)13-15-6-8-20-13/h6,8,10-12H,3-5,7,9H2,1-2H3,(H2,16,17,18)/t10-,11+,12+/m1/s1. The highest BCUT2D eigenvalue weighted by Crippen LogP contribution is 2.18. The second kappa shape index (κ2) is 7.59. The Morgan fingerprint density at radius 3 is 3.10 bits per heavy atom. The largest absolute Gasteiger partial charge is 0.376 e. The van der Waals surface area contributed by atoms with Crippen molar-refractivity contribution in [2.24, 2.45) is 0 Å². The lowest BCUT2D eigenvalue weighted by atomic mass is 10.1. The molecule has 1 aliphatic heterocycles. The Bertz CT molecular complexity index is 405. The van der Waals surface area contributed by atoms with Gasteiger partial charge in [0.2, 0.25) is 0 Å². The van der Waals surface area contributed by atoms with Crippen LogP contribution in [-0.2, 0) is 4.74 Å². The Morgan fingerprint density at radius 2 is 2.50 bits per heavy atom. The van der Waals surface area contributed by atoms with E-state index in [1.165, 1.54) is 0 Å². The third kappa shape index (κ3) is 4.18. The molecular weight excluding hydrogens is 274 g/mol. The number of ether oxygens (including phenoxy) is 1. The average Bonchev–Trinajstić information content (AvgIpc) is 3.14. The number of hydrogen-bond acceptors (Lipinski definition) is 4. The van der Waals surface area contributed by atoms with Crippen molar-refractivity contribution >= 4 is 17.4 Å². The second-order valence-electron chi connectivity index (χ2n) is 5.19. The second-order valence-corrected chi connectivity index (χ2v) is 6.12. The normalized spacial score (nSPS) is 21.4. The number of nitrogens with one attached hydrogen (secondary N) is 2. The van der Waals surface area contributed by atoms with Gasteiger partial charge in [0.15, 0.2) is 0 Å². The number of carbonyl (C=O) groups excluding carboxylic acids is 1. The van der Waals surface area contributed by atoms with E-state index in [2.05, 4.69) is 29.5 Å². The van der Waals surface area contributed by atoms with Crippen LogP contribution >= 0.6 is 11.3 Å². The summed E-state index contributed by atoms with van der Waals surface area (Å²) in [7, 11) is 0. The molecule has 2 heterocycles. The Hall–Kier alpha value is -1.14. The molecule has 20 heavy (non-hydrogen) atoms. The van der Waals surface area contributed by atoms with Crippen molar-refractivity contribution in [3.8, 4) is 0 Å². The van der Waals surface area contributed by atoms with Gasteiger partial charge in [-0.05, 0) is 19.3 Å². The average molecular weight is 297 g/mol. The van der Waals surface area contributed by atoms with Gasteiger partial charge < -0.3 is 15.4 Å². The van der Waals surface area contributed by atoms with Crippen LogP contribution in [0.3, 0.4) is 0 Å². The first-order valence-electron chi connectivity index (χ1n) is 7.26. The fraction of sp³-hybridized carbons (Fsp3) is 0.714. The summed E-state index contributed by atoms with van der Waals surface area (Å²) in [5.74, 6) is 0.239.